The smallest absolute Gasteiger partial charge is 0.276 e. The molecule has 0 saturated carbocycles. The Morgan fingerprint density at radius 2 is 1.96 bits per heavy atom. The summed E-state index contributed by atoms with van der Waals surface area (Å²) in [6.07, 6.45) is 1.88. The molecule has 24 heavy (non-hydrogen) atoms. The molecule has 6 nitrogen and oxygen atoms in total. The van der Waals surface area contributed by atoms with Gasteiger partial charge < -0.3 is 9.73 Å². The van der Waals surface area contributed by atoms with Crippen molar-refractivity contribution in [2.45, 2.75) is 18.7 Å². The first-order chi connectivity index (χ1) is 11.7. The molecule has 7 heteroatoms. The molecule has 1 aromatic carbocycles. The maximum atomic E-state index is 12.1. The van der Waals surface area contributed by atoms with Gasteiger partial charge in [0.1, 0.15) is 0 Å². The van der Waals surface area contributed by atoms with Crippen molar-refractivity contribution in [2.75, 3.05) is 6.26 Å². The fourth-order valence-corrected chi connectivity index (χ4v) is 2.49. The number of nitrogens with one attached hydrogen (secondary N) is 1. The molecule has 3 aromatic rings. The summed E-state index contributed by atoms with van der Waals surface area (Å²) in [5.41, 5.74) is 2.96. The third kappa shape index (κ3) is 3.62. The maximum Gasteiger partial charge on any atom is 0.276 e. The number of carbonyl (C=O) groups excluding carboxylic acids is 1. The zero-order valence-electron chi connectivity index (χ0n) is 13.3. The van der Waals surface area contributed by atoms with Gasteiger partial charge in [-0.2, -0.15) is 0 Å². The van der Waals surface area contributed by atoms with Crippen molar-refractivity contribution in [2.24, 2.45) is 0 Å². The fourth-order valence-electron chi connectivity index (χ4n) is 2.20. The molecule has 0 atom stereocenters. The van der Waals surface area contributed by atoms with Crippen LogP contribution < -0.4 is 5.32 Å². The van der Waals surface area contributed by atoms with Gasteiger partial charge in [-0.05, 0) is 37.4 Å². The number of pyridine rings is 1. The van der Waals surface area contributed by atoms with Gasteiger partial charge in [0, 0.05) is 5.56 Å². The van der Waals surface area contributed by atoms with E-state index < -0.39 is 0 Å². The van der Waals surface area contributed by atoms with Gasteiger partial charge in [-0.25, -0.2) is 0 Å². The summed E-state index contributed by atoms with van der Waals surface area (Å²) in [5.74, 6) is 0.324. The van der Waals surface area contributed by atoms with Crippen LogP contribution >= 0.6 is 11.8 Å². The number of benzene rings is 1. The van der Waals surface area contributed by atoms with Gasteiger partial charge in [0.25, 0.3) is 17.0 Å². The van der Waals surface area contributed by atoms with Gasteiger partial charge in [-0.1, -0.05) is 30.0 Å². The predicted molar refractivity (Wildman–Crippen MR) is 91.7 cm³/mol. The Labute approximate surface area is 143 Å². The van der Waals surface area contributed by atoms with Gasteiger partial charge in [0.15, 0.2) is 0 Å². The van der Waals surface area contributed by atoms with Crippen LogP contribution in [0.5, 0.6) is 0 Å². The van der Waals surface area contributed by atoms with E-state index in [1.807, 2.05) is 43.5 Å². The molecular weight excluding hydrogens is 324 g/mol. The number of aryl methyl sites for hydroxylation is 1. The van der Waals surface area contributed by atoms with Crippen molar-refractivity contribution in [3.05, 3.63) is 59.4 Å². The minimum Gasteiger partial charge on any atom is -0.411 e. The third-order valence-electron chi connectivity index (χ3n) is 3.42. The quantitative estimate of drug-likeness (QED) is 0.719. The SMILES string of the molecule is CSc1nnc(-c2ccc(CNC(=O)c3ccccc3)nc2C)o1. The normalized spacial score (nSPS) is 10.6. The number of thioether (sulfide) groups is 1. The van der Waals surface area contributed by atoms with Crippen molar-refractivity contribution >= 4 is 17.7 Å². The lowest BCUT2D eigenvalue weighted by molar-refractivity contribution is 0.0950. The lowest BCUT2D eigenvalue weighted by Gasteiger charge is -2.07. The van der Waals surface area contributed by atoms with Crippen LogP contribution in [-0.2, 0) is 6.54 Å². The molecule has 0 unspecified atom stereocenters. The average Bonchev–Trinajstić information content (AvgIpc) is 3.09. The Bertz CT molecular complexity index is 849. The van der Waals surface area contributed by atoms with Gasteiger partial charge in [-0.3, -0.25) is 9.78 Å². The summed E-state index contributed by atoms with van der Waals surface area (Å²) in [4.78, 5) is 16.6. The molecular formula is C17H16N4O2S. The fraction of sp³-hybridized carbons (Fsp3) is 0.176. The lowest BCUT2D eigenvalue weighted by atomic mass is 10.1. The molecule has 0 bridgehead atoms. The third-order valence-corrected chi connectivity index (χ3v) is 3.94. The zero-order valence-corrected chi connectivity index (χ0v) is 14.1. The molecule has 1 N–H and O–H groups in total. The summed E-state index contributed by atoms with van der Waals surface area (Å²) in [7, 11) is 0. The van der Waals surface area contributed by atoms with Crippen LogP contribution in [0, 0.1) is 6.92 Å². The van der Waals surface area contributed by atoms with Crippen LogP contribution in [0.1, 0.15) is 21.7 Å². The minimum atomic E-state index is -0.124. The van der Waals surface area contributed by atoms with E-state index in [2.05, 4.69) is 20.5 Å². The highest BCUT2D eigenvalue weighted by Crippen LogP contribution is 2.23. The van der Waals surface area contributed by atoms with Crippen LogP contribution in [0.3, 0.4) is 0 Å². The second kappa shape index (κ2) is 7.27. The Balaban J connectivity index is 1.69. The van der Waals surface area contributed by atoms with E-state index in [-0.39, 0.29) is 5.91 Å². The van der Waals surface area contributed by atoms with Crippen molar-refractivity contribution in [1.29, 1.82) is 0 Å². The summed E-state index contributed by atoms with van der Waals surface area (Å²) >= 11 is 1.39. The first-order valence-corrected chi connectivity index (χ1v) is 8.57. The summed E-state index contributed by atoms with van der Waals surface area (Å²) in [5, 5.41) is 11.3. The Hall–Kier alpha value is -2.67. The average molecular weight is 340 g/mol. The number of aromatic nitrogens is 3. The van der Waals surface area contributed by atoms with E-state index in [4.69, 9.17) is 4.42 Å². The molecule has 122 valence electrons. The van der Waals surface area contributed by atoms with Gasteiger partial charge in [-0.15, -0.1) is 10.2 Å². The van der Waals surface area contributed by atoms with E-state index in [0.29, 0.717) is 23.2 Å². The van der Waals surface area contributed by atoms with E-state index in [1.165, 1.54) is 11.8 Å². The Kier molecular flexibility index (Phi) is 4.90. The minimum absolute atomic E-state index is 0.124. The molecule has 0 radical (unpaired) electrons. The summed E-state index contributed by atoms with van der Waals surface area (Å²) in [6, 6.07) is 12.8. The van der Waals surface area contributed by atoms with Gasteiger partial charge in [0.2, 0.25) is 0 Å². The molecule has 0 aliphatic rings. The number of hydrogen-bond acceptors (Lipinski definition) is 6. The van der Waals surface area contributed by atoms with E-state index in [0.717, 1.165) is 17.0 Å². The molecule has 0 fully saturated rings. The topological polar surface area (TPSA) is 80.9 Å². The van der Waals surface area contributed by atoms with Crippen LogP contribution in [0.2, 0.25) is 0 Å². The monoisotopic (exact) mass is 340 g/mol. The van der Waals surface area contributed by atoms with Crippen molar-refractivity contribution in [1.82, 2.24) is 20.5 Å². The highest BCUT2D eigenvalue weighted by atomic mass is 32.2. The molecule has 0 aliphatic heterocycles. The number of amides is 1. The molecule has 0 saturated heterocycles. The number of nitrogens with zero attached hydrogens (tertiary/aromatic N) is 3. The molecule has 1 amide bonds. The van der Waals surface area contributed by atoms with E-state index in [9.17, 15) is 4.79 Å². The lowest BCUT2D eigenvalue weighted by Crippen LogP contribution is -2.23. The first kappa shape index (κ1) is 16.2. The molecule has 0 spiro atoms. The van der Waals surface area contributed by atoms with Gasteiger partial charge in [0.05, 0.1) is 23.5 Å². The predicted octanol–water partition coefficient (Wildman–Crippen LogP) is 3.09. The van der Waals surface area contributed by atoms with Crippen LogP contribution in [0.15, 0.2) is 52.1 Å². The number of carbonyl (C=O) groups is 1. The van der Waals surface area contributed by atoms with Crippen LogP contribution in [-0.4, -0.2) is 27.3 Å². The van der Waals surface area contributed by atoms with Crippen LogP contribution in [0.25, 0.3) is 11.5 Å². The first-order valence-electron chi connectivity index (χ1n) is 7.35. The standard InChI is InChI=1S/C17H16N4O2S/c1-11-14(16-20-21-17(23-16)24-2)9-8-13(19-11)10-18-15(22)12-6-4-3-5-7-12/h3-9H,10H2,1-2H3,(H,18,22). The molecule has 3 rings (SSSR count). The Morgan fingerprint density at radius 3 is 2.62 bits per heavy atom. The second-order valence-electron chi connectivity index (χ2n) is 5.06. The largest absolute Gasteiger partial charge is 0.411 e. The van der Waals surface area contributed by atoms with E-state index >= 15 is 0 Å². The number of hydrogen-bond donors (Lipinski definition) is 1. The van der Waals surface area contributed by atoms with Crippen LogP contribution in [0.4, 0.5) is 0 Å². The molecule has 0 aliphatic carbocycles. The summed E-state index contributed by atoms with van der Waals surface area (Å²) < 4.78 is 5.53. The Morgan fingerprint density at radius 1 is 1.17 bits per heavy atom. The zero-order chi connectivity index (χ0) is 16.9. The van der Waals surface area contributed by atoms with Crippen molar-refractivity contribution < 1.29 is 9.21 Å². The van der Waals surface area contributed by atoms with E-state index in [1.54, 1.807) is 12.1 Å². The maximum absolute atomic E-state index is 12.1. The highest BCUT2D eigenvalue weighted by molar-refractivity contribution is 7.98. The highest BCUT2D eigenvalue weighted by Gasteiger charge is 2.12. The van der Waals surface area contributed by atoms with Crippen molar-refractivity contribution in [3.8, 4) is 11.5 Å². The van der Waals surface area contributed by atoms with Gasteiger partial charge >= 0.3 is 0 Å². The van der Waals surface area contributed by atoms with Crippen molar-refractivity contribution in [3.63, 3.8) is 0 Å². The summed E-state index contributed by atoms with van der Waals surface area (Å²) in [6.45, 7) is 2.23. The molecule has 2 heterocycles. The number of rotatable bonds is 5. The second-order valence-corrected chi connectivity index (χ2v) is 5.82. The molecule has 2 aromatic heterocycles.